The highest BCUT2D eigenvalue weighted by Gasteiger charge is 2.36. The van der Waals surface area contributed by atoms with E-state index < -0.39 is 26.5 Å². The smallest absolute Gasteiger partial charge is 0.420 e. The Hall–Kier alpha value is -4.78. The molecule has 0 aliphatic heterocycles. The van der Waals surface area contributed by atoms with Gasteiger partial charge in [-0.1, -0.05) is 18.2 Å². The van der Waals surface area contributed by atoms with Gasteiger partial charge in [0.05, 0.1) is 38.5 Å². The maximum atomic E-state index is 13.4. The van der Waals surface area contributed by atoms with Crippen LogP contribution in [0, 0.1) is 5.21 Å². The van der Waals surface area contributed by atoms with Crippen molar-refractivity contribution in [3.8, 4) is 34.6 Å². The van der Waals surface area contributed by atoms with E-state index in [1.54, 1.807) is 6.07 Å². The minimum Gasteiger partial charge on any atom is -0.493 e. The molecule has 13 heteroatoms. The predicted octanol–water partition coefficient (Wildman–Crippen LogP) is 3.20. The topological polar surface area (TPSA) is 150 Å². The Morgan fingerprint density at radius 3 is 2.00 bits per heavy atom. The number of ether oxygens (including phenoxy) is 5. The average molecular weight is 543 g/mol. The third-order valence-electron chi connectivity index (χ3n) is 5.41. The highest BCUT2D eigenvalue weighted by Crippen LogP contribution is 2.40. The molecule has 0 aliphatic rings. The van der Waals surface area contributed by atoms with Crippen molar-refractivity contribution in [3.63, 3.8) is 0 Å². The number of carbonyl (C=O) groups is 1. The molecule has 1 aromatic heterocycles. The van der Waals surface area contributed by atoms with Crippen LogP contribution in [0.25, 0.3) is 0 Å². The lowest BCUT2D eigenvalue weighted by molar-refractivity contribution is -0.832. The Morgan fingerprint density at radius 1 is 0.816 bits per heavy atom. The summed E-state index contributed by atoms with van der Waals surface area (Å²) in [6.07, 6.45) is 0. The van der Waals surface area contributed by atoms with E-state index in [1.165, 1.54) is 83.0 Å². The number of nitrogens with zero attached hydrogens (tertiary/aromatic N) is 2. The van der Waals surface area contributed by atoms with Crippen LogP contribution in [0.3, 0.4) is 0 Å². The highest BCUT2D eigenvalue weighted by atomic mass is 32.2. The molecular weight excluding hydrogens is 520 g/mol. The van der Waals surface area contributed by atoms with Gasteiger partial charge in [-0.15, -0.1) is 0 Å². The first-order chi connectivity index (χ1) is 18.2. The van der Waals surface area contributed by atoms with Crippen molar-refractivity contribution in [2.75, 3.05) is 28.4 Å². The first-order valence-electron chi connectivity index (χ1n) is 10.9. The zero-order valence-electron chi connectivity index (χ0n) is 20.7. The number of hydrogen-bond acceptors (Lipinski definition) is 11. The minimum atomic E-state index is -4.37. The number of benzene rings is 3. The molecule has 38 heavy (non-hydrogen) atoms. The van der Waals surface area contributed by atoms with Crippen molar-refractivity contribution < 1.29 is 46.4 Å². The summed E-state index contributed by atoms with van der Waals surface area (Å²) in [7, 11) is 1.27. The molecule has 4 aromatic rings. The molecule has 12 nitrogen and oxygen atoms in total. The molecule has 198 valence electrons. The molecule has 0 radical (unpaired) electrons. The van der Waals surface area contributed by atoms with E-state index >= 15 is 0 Å². The molecule has 0 saturated carbocycles. The molecule has 1 heterocycles. The van der Waals surface area contributed by atoms with Gasteiger partial charge in [-0.25, -0.2) is 8.42 Å². The van der Waals surface area contributed by atoms with Crippen LogP contribution in [-0.2, 0) is 9.84 Å². The molecule has 0 spiro atoms. The lowest BCUT2D eigenvalue weighted by Crippen LogP contribution is -2.30. The Morgan fingerprint density at radius 2 is 1.42 bits per heavy atom. The minimum absolute atomic E-state index is 0.0933. The van der Waals surface area contributed by atoms with E-state index in [0.717, 1.165) is 0 Å². The fraction of sp³-hybridized carbons (Fsp3) is 0.160. The number of aromatic nitrogens is 2. The van der Waals surface area contributed by atoms with Gasteiger partial charge in [0.2, 0.25) is 5.75 Å². The SMILES string of the molecule is COc1ccc(C(=O)c2cc(OC)c(OC)c(OC)c2)cc1Oc1no[n+]([O-])c1S(=O)(=O)c1ccccc1. The van der Waals surface area contributed by atoms with E-state index in [0.29, 0.717) is 5.75 Å². The van der Waals surface area contributed by atoms with E-state index in [1.807, 2.05) is 0 Å². The van der Waals surface area contributed by atoms with Crippen molar-refractivity contribution in [1.82, 2.24) is 5.16 Å². The summed E-state index contributed by atoms with van der Waals surface area (Å²) >= 11 is 0. The molecule has 0 N–H and O–H groups in total. The van der Waals surface area contributed by atoms with Crippen molar-refractivity contribution >= 4 is 15.6 Å². The molecule has 0 fully saturated rings. The van der Waals surface area contributed by atoms with Gasteiger partial charge in [-0.3, -0.25) is 9.42 Å². The lowest BCUT2D eigenvalue weighted by Gasteiger charge is -2.14. The van der Waals surface area contributed by atoms with Gasteiger partial charge in [0.25, 0.3) is 9.84 Å². The van der Waals surface area contributed by atoms with Gasteiger partial charge >= 0.3 is 10.9 Å². The summed E-state index contributed by atoms with van der Waals surface area (Å²) in [4.78, 5) is 12.9. The molecule has 0 aliphatic carbocycles. The number of hydrogen-bond donors (Lipinski definition) is 0. The summed E-state index contributed by atoms with van der Waals surface area (Å²) < 4.78 is 57.6. The van der Waals surface area contributed by atoms with E-state index in [9.17, 15) is 18.4 Å². The summed E-state index contributed by atoms with van der Waals surface area (Å²) in [5.74, 6) is -0.182. The van der Waals surface area contributed by atoms with Crippen LogP contribution in [0.15, 0.2) is 75.2 Å². The van der Waals surface area contributed by atoms with E-state index in [-0.39, 0.29) is 43.9 Å². The Balaban J connectivity index is 1.75. The van der Waals surface area contributed by atoms with Crippen molar-refractivity contribution in [1.29, 1.82) is 0 Å². The predicted molar refractivity (Wildman–Crippen MR) is 130 cm³/mol. The standard InChI is InChI=1S/C25H22N2O10S/c1-32-18-11-10-15(22(28)16-13-20(33-2)23(35-4)21(14-16)34-3)12-19(18)36-24-25(27(29)37-26-24)38(30,31)17-8-6-5-7-9-17/h5-14H,1-4H3. The molecular formula is C25H22N2O10S. The third-order valence-corrected chi connectivity index (χ3v) is 7.14. The van der Waals surface area contributed by atoms with E-state index in [2.05, 4.69) is 9.79 Å². The van der Waals surface area contributed by atoms with Gasteiger partial charge in [-0.2, -0.15) is 0 Å². The summed E-state index contributed by atoms with van der Waals surface area (Å²) in [5.41, 5.74) is 0.350. The van der Waals surface area contributed by atoms with Crippen molar-refractivity contribution in [2.24, 2.45) is 0 Å². The second-order valence-electron chi connectivity index (χ2n) is 7.57. The number of rotatable bonds is 10. The summed E-state index contributed by atoms with van der Waals surface area (Å²) in [6.45, 7) is 0. The fourth-order valence-corrected chi connectivity index (χ4v) is 4.87. The molecule has 0 saturated heterocycles. The fourth-order valence-electron chi connectivity index (χ4n) is 3.60. The van der Waals surface area contributed by atoms with Gasteiger partial charge in [0, 0.05) is 11.1 Å². The summed E-state index contributed by atoms with van der Waals surface area (Å²) in [5, 5.41) is 14.8. The van der Waals surface area contributed by atoms with Gasteiger partial charge in [0.15, 0.2) is 28.8 Å². The maximum Gasteiger partial charge on any atom is 0.420 e. The quantitative estimate of drug-likeness (QED) is 0.215. The van der Waals surface area contributed by atoms with Gasteiger partial charge in [-0.05, 0) is 47.4 Å². The van der Waals surface area contributed by atoms with Crippen molar-refractivity contribution in [2.45, 2.75) is 9.92 Å². The second kappa shape index (κ2) is 10.7. The molecule has 0 bridgehead atoms. The summed E-state index contributed by atoms with van der Waals surface area (Å²) in [6, 6.07) is 14.4. The average Bonchev–Trinajstić information content (AvgIpc) is 3.32. The molecule has 0 unspecified atom stereocenters. The zero-order chi connectivity index (χ0) is 27.4. The normalized spacial score (nSPS) is 11.1. The van der Waals surface area contributed by atoms with E-state index in [4.69, 9.17) is 23.7 Å². The molecule has 0 atom stereocenters. The highest BCUT2D eigenvalue weighted by molar-refractivity contribution is 7.91. The number of methoxy groups -OCH3 is 4. The van der Waals surface area contributed by atoms with Crippen molar-refractivity contribution in [3.05, 3.63) is 77.0 Å². The van der Waals surface area contributed by atoms with Gasteiger partial charge in [0.1, 0.15) is 0 Å². The van der Waals surface area contributed by atoms with Crippen LogP contribution in [0.1, 0.15) is 15.9 Å². The lowest BCUT2D eigenvalue weighted by atomic mass is 10.0. The van der Waals surface area contributed by atoms with Crippen LogP contribution in [0.5, 0.6) is 34.6 Å². The number of ketones is 1. The largest absolute Gasteiger partial charge is 0.493 e. The first kappa shape index (κ1) is 26.3. The molecule has 4 rings (SSSR count). The molecule has 3 aromatic carbocycles. The Labute approximate surface area is 217 Å². The first-order valence-corrected chi connectivity index (χ1v) is 12.3. The van der Waals surface area contributed by atoms with Crippen LogP contribution in [-0.4, -0.2) is 47.8 Å². The van der Waals surface area contributed by atoms with Crippen LogP contribution in [0.4, 0.5) is 0 Å². The Kier molecular flexibility index (Phi) is 7.39. The Bertz CT molecular complexity index is 1560. The maximum absolute atomic E-state index is 13.4. The van der Waals surface area contributed by atoms with Crippen LogP contribution in [0.2, 0.25) is 0 Å². The monoisotopic (exact) mass is 542 g/mol. The van der Waals surface area contributed by atoms with Crippen LogP contribution >= 0.6 is 0 Å². The second-order valence-corrected chi connectivity index (χ2v) is 9.43. The van der Waals surface area contributed by atoms with Crippen LogP contribution < -0.4 is 28.6 Å². The number of sulfone groups is 1. The molecule has 0 amide bonds. The third kappa shape index (κ3) is 4.78. The zero-order valence-corrected chi connectivity index (χ0v) is 21.5. The van der Waals surface area contributed by atoms with Gasteiger partial charge < -0.3 is 28.9 Å². The number of carbonyl (C=O) groups excluding carboxylic acids is 1.